The summed E-state index contributed by atoms with van der Waals surface area (Å²) >= 11 is 3.58. The highest BCUT2D eigenvalue weighted by molar-refractivity contribution is 9.10. The molecule has 0 spiro atoms. The molecule has 1 atom stereocenters. The third-order valence-corrected chi connectivity index (χ3v) is 3.85. The van der Waals surface area contributed by atoms with Gasteiger partial charge in [-0.2, -0.15) is 0 Å². The van der Waals surface area contributed by atoms with Crippen LogP contribution in [0.5, 0.6) is 0 Å². The highest BCUT2D eigenvalue weighted by Gasteiger charge is 2.24. The number of hydrogen-bond acceptors (Lipinski definition) is 2. The zero-order chi connectivity index (χ0) is 10.8. The van der Waals surface area contributed by atoms with E-state index in [1.165, 1.54) is 15.6 Å². The maximum Gasteiger partial charge on any atom is 0.281 e. The summed E-state index contributed by atoms with van der Waals surface area (Å²) < 4.78 is 1.19. The Balaban J connectivity index is 2.33. The molecule has 0 radical (unpaired) electrons. The smallest absolute Gasteiger partial charge is 0.281 e. The second kappa shape index (κ2) is 4.50. The highest BCUT2D eigenvalue weighted by atomic mass is 79.9. The Hall–Kier alpha value is -0.605. The van der Waals surface area contributed by atoms with Crippen molar-refractivity contribution < 1.29 is 4.79 Å². The molecule has 1 aliphatic rings. The maximum atomic E-state index is 10.5. The fourth-order valence-corrected chi connectivity index (χ4v) is 2.80. The van der Waals surface area contributed by atoms with Crippen LogP contribution >= 0.6 is 15.9 Å². The van der Waals surface area contributed by atoms with Crippen molar-refractivity contribution in [2.75, 3.05) is 6.54 Å². The molecule has 1 aromatic carbocycles. The van der Waals surface area contributed by atoms with Crippen molar-refractivity contribution in [3.05, 3.63) is 33.8 Å². The van der Waals surface area contributed by atoms with Crippen LogP contribution in [0.1, 0.15) is 24.1 Å². The number of carbonyl (C=O) groups excluding carboxylic acids is 1. The Kier molecular flexibility index (Phi) is 3.27. The van der Waals surface area contributed by atoms with Crippen molar-refractivity contribution >= 4 is 29.5 Å². The molecule has 0 bridgehead atoms. The van der Waals surface area contributed by atoms with Crippen LogP contribution in [0.15, 0.2) is 22.7 Å². The lowest BCUT2D eigenvalue weighted by Gasteiger charge is -2.34. The van der Waals surface area contributed by atoms with E-state index < -0.39 is 0 Å². The van der Waals surface area contributed by atoms with E-state index in [-0.39, 0.29) is 0 Å². The molecule has 0 N–H and O–H groups in total. The van der Waals surface area contributed by atoms with E-state index in [0.29, 0.717) is 13.5 Å². The van der Waals surface area contributed by atoms with Crippen LogP contribution in [-0.2, 0) is 11.2 Å². The first kappa shape index (κ1) is 10.9. The monoisotopic (exact) mass is 265 g/mol. The molecule has 1 aliphatic heterocycles. The fourth-order valence-electron chi connectivity index (χ4n) is 2.22. The Labute approximate surface area is 99.0 Å². The van der Waals surface area contributed by atoms with Crippen LogP contribution in [0.3, 0.4) is 0 Å². The summed E-state index contributed by atoms with van der Waals surface area (Å²) in [6.45, 7) is 3.13. The first-order chi connectivity index (χ1) is 7.24. The van der Waals surface area contributed by atoms with Crippen molar-refractivity contribution in [3.8, 4) is 0 Å². The van der Waals surface area contributed by atoms with Crippen molar-refractivity contribution in [3.63, 3.8) is 0 Å². The number of carbonyl (C=O) groups is 1. The van der Waals surface area contributed by atoms with Gasteiger partial charge in [-0.15, -0.1) is 0 Å². The first-order valence-electron chi connectivity index (χ1n) is 5.19. The van der Waals surface area contributed by atoms with Crippen molar-refractivity contribution in [2.45, 2.75) is 19.4 Å². The third kappa shape index (κ3) is 2.01. The Bertz CT molecular complexity index is 383. The van der Waals surface area contributed by atoms with Gasteiger partial charge < -0.3 is 9.61 Å². The number of hydrogen-bond donors (Lipinski definition) is 0. The highest BCUT2D eigenvalue weighted by Crippen LogP contribution is 2.32. The van der Waals surface area contributed by atoms with Crippen LogP contribution in [0.2, 0.25) is 0 Å². The fraction of sp³-hybridized carbons (Fsp3) is 0.364. The summed E-state index contributed by atoms with van der Waals surface area (Å²) in [5.74, 6) is 0. The largest absolute Gasteiger partial charge is 0.332 e. The van der Waals surface area contributed by atoms with E-state index in [1.807, 2.05) is 0 Å². The standard InChI is InChI=1S/C11H13BBrNO/c1-8-9-3-2-4-11(13)10(9)5-6-14(8)12-7-15/h2-4,7-8,12H,5-6H2,1H3/t8-/m0/s1. The van der Waals surface area contributed by atoms with Gasteiger partial charge in [-0.1, -0.05) is 28.1 Å². The van der Waals surface area contributed by atoms with E-state index >= 15 is 0 Å². The van der Waals surface area contributed by atoms with Gasteiger partial charge in [0.05, 0.1) is 6.19 Å². The van der Waals surface area contributed by atoms with Gasteiger partial charge >= 0.3 is 0 Å². The van der Waals surface area contributed by atoms with Crippen molar-refractivity contribution in [1.82, 2.24) is 4.81 Å². The number of nitrogens with zero attached hydrogens (tertiary/aromatic N) is 1. The van der Waals surface area contributed by atoms with Crippen molar-refractivity contribution in [1.29, 1.82) is 0 Å². The number of fused-ring (bicyclic) bond motifs is 1. The number of halogens is 1. The van der Waals surface area contributed by atoms with Gasteiger partial charge in [0.15, 0.2) is 0 Å². The summed E-state index contributed by atoms with van der Waals surface area (Å²) in [4.78, 5) is 12.8. The molecule has 0 amide bonds. The summed E-state index contributed by atoms with van der Waals surface area (Å²) in [6.07, 6.45) is 2.01. The average Bonchev–Trinajstić information content (AvgIpc) is 2.23. The summed E-state index contributed by atoms with van der Waals surface area (Å²) in [7, 11) is 0.535. The van der Waals surface area contributed by atoms with Gasteiger partial charge in [0.25, 0.3) is 7.41 Å². The molecule has 0 aliphatic carbocycles. The minimum atomic E-state index is 0.344. The molecule has 0 unspecified atom stereocenters. The Morgan fingerprint density at radius 3 is 3.13 bits per heavy atom. The number of rotatable bonds is 2. The normalized spacial score (nSPS) is 20.8. The van der Waals surface area contributed by atoms with Crippen LogP contribution in [0.25, 0.3) is 0 Å². The predicted molar refractivity (Wildman–Crippen MR) is 66.9 cm³/mol. The number of benzene rings is 1. The van der Waals surface area contributed by atoms with E-state index in [4.69, 9.17) is 0 Å². The lowest BCUT2D eigenvalue weighted by atomic mass is 9.84. The van der Waals surface area contributed by atoms with E-state index in [2.05, 4.69) is 45.9 Å². The van der Waals surface area contributed by atoms with Crippen LogP contribution in [0.4, 0.5) is 0 Å². The minimum absolute atomic E-state index is 0.344. The zero-order valence-electron chi connectivity index (χ0n) is 8.74. The van der Waals surface area contributed by atoms with E-state index in [0.717, 1.165) is 19.2 Å². The van der Waals surface area contributed by atoms with E-state index in [1.54, 1.807) is 0 Å². The molecule has 1 aromatic rings. The SMILES string of the molecule is C[C@H]1c2cccc(Br)c2CCN1BC=O. The molecule has 2 nitrogen and oxygen atoms in total. The quantitative estimate of drug-likeness (QED) is 0.602. The molecule has 0 saturated carbocycles. The van der Waals surface area contributed by atoms with Gasteiger partial charge in [0.2, 0.25) is 0 Å². The third-order valence-electron chi connectivity index (χ3n) is 3.11. The van der Waals surface area contributed by atoms with Crippen molar-refractivity contribution in [2.24, 2.45) is 0 Å². The van der Waals surface area contributed by atoms with E-state index in [9.17, 15) is 4.79 Å². The molecule has 4 heteroatoms. The molecule has 0 aromatic heterocycles. The lowest BCUT2D eigenvalue weighted by Crippen LogP contribution is -2.37. The van der Waals surface area contributed by atoms with Gasteiger partial charge in [-0.3, -0.25) is 0 Å². The summed E-state index contributed by atoms with van der Waals surface area (Å²) in [5.41, 5.74) is 2.74. The zero-order valence-corrected chi connectivity index (χ0v) is 10.3. The molecular formula is C11H13BBrNO. The maximum absolute atomic E-state index is 10.5. The second-order valence-corrected chi connectivity index (χ2v) is 4.75. The van der Waals surface area contributed by atoms with Crippen LogP contribution < -0.4 is 0 Å². The van der Waals surface area contributed by atoms with Gasteiger partial charge in [-0.25, -0.2) is 0 Å². The lowest BCUT2D eigenvalue weighted by molar-refractivity contribution is 0.342. The predicted octanol–water partition coefficient (Wildman–Crippen LogP) is 1.91. The van der Waals surface area contributed by atoms with Gasteiger partial charge in [0.1, 0.15) is 0 Å². The van der Waals surface area contributed by atoms with Crippen LogP contribution in [0, 0.1) is 0 Å². The molecule has 0 saturated heterocycles. The molecule has 2 rings (SSSR count). The molecule has 78 valence electrons. The van der Waals surface area contributed by atoms with Gasteiger partial charge in [-0.05, 0) is 37.1 Å². The topological polar surface area (TPSA) is 20.3 Å². The molecule has 0 fully saturated rings. The van der Waals surface area contributed by atoms with Crippen LogP contribution in [-0.4, -0.2) is 25.0 Å². The summed E-state index contributed by atoms with van der Waals surface area (Å²) in [6, 6.07) is 6.64. The summed E-state index contributed by atoms with van der Waals surface area (Å²) in [5, 5.41) is 0. The van der Waals surface area contributed by atoms with Gasteiger partial charge in [0, 0.05) is 10.5 Å². The molecule has 1 heterocycles. The average molecular weight is 266 g/mol. The second-order valence-electron chi connectivity index (χ2n) is 3.90. The molecular weight excluding hydrogens is 253 g/mol. The first-order valence-corrected chi connectivity index (χ1v) is 5.98. The Morgan fingerprint density at radius 2 is 2.40 bits per heavy atom. The minimum Gasteiger partial charge on any atom is -0.332 e. The molecule has 15 heavy (non-hydrogen) atoms. The Morgan fingerprint density at radius 1 is 1.60 bits per heavy atom.